The monoisotopic (exact) mass is 373 g/mol. The molecule has 0 unspecified atom stereocenters. The van der Waals surface area contributed by atoms with E-state index < -0.39 is 0 Å². The van der Waals surface area contributed by atoms with Crippen LogP contribution in [0.3, 0.4) is 0 Å². The number of piperidine rings is 1. The fourth-order valence-electron chi connectivity index (χ4n) is 4.45. The van der Waals surface area contributed by atoms with E-state index in [4.69, 9.17) is 0 Å². The van der Waals surface area contributed by atoms with Gasteiger partial charge in [-0.3, -0.25) is 14.6 Å². The molecule has 140 valence electrons. The van der Waals surface area contributed by atoms with Crippen LogP contribution in [0.1, 0.15) is 38.5 Å². The molecule has 4 rings (SSSR count). The Kier molecular flexibility index (Phi) is 5.20. The van der Waals surface area contributed by atoms with Crippen LogP contribution in [-0.4, -0.2) is 58.5 Å². The van der Waals surface area contributed by atoms with Crippen molar-refractivity contribution in [3.05, 3.63) is 24.5 Å². The highest BCUT2D eigenvalue weighted by atomic mass is 32.2. The van der Waals surface area contributed by atoms with Gasteiger partial charge in [0.2, 0.25) is 11.8 Å². The number of hydrogen-bond acceptors (Lipinski definition) is 4. The van der Waals surface area contributed by atoms with Crippen LogP contribution < -0.4 is 0 Å². The molecule has 3 aliphatic rings. The number of hydrogen-bond donors (Lipinski definition) is 0. The van der Waals surface area contributed by atoms with E-state index in [1.807, 2.05) is 17.0 Å². The minimum Gasteiger partial charge on any atom is -0.342 e. The van der Waals surface area contributed by atoms with E-state index in [-0.39, 0.29) is 11.3 Å². The normalized spacial score (nSPS) is 26.4. The van der Waals surface area contributed by atoms with Crippen molar-refractivity contribution in [3.8, 4) is 0 Å². The summed E-state index contributed by atoms with van der Waals surface area (Å²) in [4.78, 5) is 34.9. The van der Waals surface area contributed by atoms with Gasteiger partial charge in [0.05, 0.1) is 11.2 Å². The van der Waals surface area contributed by atoms with Gasteiger partial charge >= 0.3 is 0 Å². The Bertz CT molecular complexity index is 664. The van der Waals surface area contributed by atoms with Crippen LogP contribution in [0.25, 0.3) is 0 Å². The van der Waals surface area contributed by atoms with Gasteiger partial charge in [0.15, 0.2) is 0 Å². The molecule has 0 radical (unpaired) electrons. The zero-order valence-electron chi connectivity index (χ0n) is 15.2. The first kappa shape index (κ1) is 17.8. The molecule has 2 aliphatic heterocycles. The predicted octanol–water partition coefficient (Wildman–Crippen LogP) is 2.81. The molecule has 1 spiro atoms. The lowest BCUT2D eigenvalue weighted by Gasteiger charge is -2.42. The van der Waals surface area contributed by atoms with Crippen molar-refractivity contribution in [2.75, 3.05) is 31.9 Å². The summed E-state index contributed by atoms with van der Waals surface area (Å²) >= 11 is 1.54. The van der Waals surface area contributed by atoms with E-state index in [1.165, 1.54) is 19.3 Å². The molecule has 1 atom stereocenters. The number of carbonyl (C=O) groups excluding carboxylic acids is 2. The molecule has 6 heteroatoms. The highest BCUT2D eigenvalue weighted by Crippen LogP contribution is 2.41. The van der Waals surface area contributed by atoms with Gasteiger partial charge < -0.3 is 9.80 Å². The molecular formula is C20H27N3O2S. The van der Waals surface area contributed by atoms with Crippen LogP contribution in [0.5, 0.6) is 0 Å². The first-order valence-electron chi connectivity index (χ1n) is 9.76. The summed E-state index contributed by atoms with van der Waals surface area (Å²) in [5.41, 5.74) is -0.307. The minimum atomic E-state index is -0.307. The van der Waals surface area contributed by atoms with Gasteiger partial charge in [-0.25, -0.2) is 0 Å². The Labute approximate surface area is 159 Å². The number of pyridine rings is 1. The van der Waals surface area contributed by atoms with Crippen molar-refractivity contribution in [3.63, 3.8) is 0 Å². The number of aromatic nitrogens is 1. The van der Waals surface area contributed by atoms with Gasteiger partial charge in [-0.05, 0) is 50.2 Å². The van der Waals surface area contributed by atoms with Crippen molar-refractivity contribution in [1.82, 2.24) is 14.8 Å². The average Bonchev–Trinajstić information content (AvgIpc) is 3.06. The highest BCUT2D eigenvalue weighted by Gasteiger charge is 2.49. The Hall–Kier alpha value is -1.56. The molecule has 5 nitrogen and oxygen atoms in total. The van der Waals surface area contributed by atoms with Gasteiger partial charge in [-0.15, -0.1) is 11.8 Å². The van der Waals surface area contributed by atoms with Crippen LogP contribution >= 0.6 is 11.8 Å². The standard InChI is InChI=1S/C20H27N3O2S/c24-18(14-26-17-5-9-21-10-6-17)23-12-8-20(15-23)7-2-11-22(19(20)25)13-16-3-1-4-16/h5-6,9-10,16H,1-4,7-8,11-15H2/t20-/m1/s1. The Morgan fingerprint density at radius 2 is 2.00 bits per heavy atom. The number of amides is 2. The second kappa shape index (κ2) is 7.59. The first-order valence-corrected chi connectivity index (χ1v) is 10.7. The molecule has 1 saturated carbocycles. The maximum absolute atomic E-state index is 13.1. The SMILES string of the molecule is O=C(CSc1ccncc1)N1CC[C@]2(CCCN(CC3CCC3)C2=O)C1. The van der Waals surface area contributed by atoms with Crippen molar-refractivity contribution in [1.29, 1.82) is 0 Å². The number of rotatable bonds is 5. The summed E-state index contributed by atoms with van der Waals surface area (Å²) in [6.45, 7) is 3.18. The molecule has 1 aliphatic carbocycles. The third-order valence-electron chi connectivity index (χ3n) is 6.25. The van der Waals surface area contributed by atoms with E-state index in [2.05, 4.69) is 9.88 Å². The van der Waals surface area contributed by atoms with Crippen LogP contribution in [-0.2, 0) is 9.59 Å². The Balaban J connectivity index is 1.34. The smallest absolute Gasteiger partial charge is 0.232 e. The van der Waals surface area contributed by atoms with Gasteiger partial charge in [-0.1, -0.05) is 6.42 Å². The third-order valence-corrected chi connectivity index (χ3v) is 7.24. The van der Waals surface area contributed by atoms with E-state index in [9.17, 15) is 9.59 Å². The number of carbonyl (C=O) groups is 2. The molecule has 2 amide bonds. The summed E-state index contributed by atoms with van der Waals surface area (Å²) in [6.07, 6.45) is 10.2. The quantitative estimate of drug-likeness (QED) is 0.745. The Morgan fingerprint density at radius 3 is 2.73 bits per heavy atom. The highest BCUT2D eigenvalue weighted by molar-refractivity contribution is 8.00. The Morgan fingerprint density at radius 1 is 1.19 bits per heavy atom. The fourth-order valence-corrected chi connectivity index (χ4v) is 5.24. The van der Waals surface area contributed by atoms with Crippen LogP contribution in [0.2, 0.25) is 0 Å². The molecule has 1 aromatic heterocycles. The maximum Gasteiger partial charge on any atom is 0.232 e. The number of nitrogens with zero attached hydrogens (tertiary/aromatic N) is 3. The largest absolute Gasteiger partial charge is 0.342 e. The van der Waals surface area contributed by atoms with Gasteiger partial charge in [0, 0.05) is 43.5 Å². The molecule has 3 heterocycles. The van der Waals surface area contributed by atoms with E-state index in [0.29, 0.717) is 24.1 Å². The molecular weight excluding hydrogens is 346 g/mol. The van der Waals surface area contributed by atoms with Crippen LogP contribution in [0.15, 0.2) is 29.4 Å². The summed E-state index contributed by atoms with van der Waals surface area (Å²) < 4.78 is 0. The summed E-state index contributed by atoms with van der Waals surface area (Å²) in [6, 6.07) is 3.85. The number of likely N-dealkylation sites (tertiary alicyclic amines) is 2. The second-order valence-electron chi connectivity index (χ2n) is 7.97. The van der Waals surface area contributed by atoms with E-state index in [1.54, 1.807) is 24.2 Å². The fraction of sp³-hybridized carbons (Fsp3) is 0.650. The van der Waals surface area contributed by atoms with Gasteiger partial charge in [0.1, 0.15) is 0 Å². The molecule has 26 heavy (non-hydrogen) atoms. The van der Waals surface area contributed by atoms with Crippen molar-refractivity contribution in [2.24, 2.45) is 11.3 Å². The second-order valence-corrected chi connectivity index (χ2v) is 9.02. The first-order chi connectivity index (χ1) is 12.7. The minimum absolute atomic E-state index is 0.146. The van der Waals surface area contributed by atoms with Crippen molar-refractivity contribution >= 4 is 23.6 Å². The molecule has 1 aromatic rings. The van der Waals surface area contributed by atoms with Crippen LogP contribution in [0, 0.1) is 11.3 Å². The lowest BCUT2D eigenvalue weighted by Crippen LogP contribution is -2.52. The zero-order valence-corrected chi connectivity index (χ0v) is 16.0. The molecule has 2 saturated heterocycles. The molecule has 0 aromatic carbocycles. The average molecular weight is 374 g/mol. The molecule has 3 fully saturated rings. The van der Waals surface area contributed by atoms with E-state index in [0.717, 1.165) is 43.8 Å². The van der Waals surface area contributed by atoms with Crippen molar-refractivity contribution in [2.45, 2.75) is 43.4 Å². The van der Waals surface area contributed by atoms with Gasteiger partial charge in [-0.2, -0.15) is 0 Å². The zero-order chi connectivity index (χ0) is 18.0. The summed E-state index contributed by atoms with van der Waals surface area (Å²) in [5.74, 6) is 1.60. The lowest BCUT2D eigenvalue weighted by molar-refractivity contribution is -0.147. The third kappa shape index (κ3) is 3.61. The lowest BCUT2D eigenvalue weighted by atomic mass is 9.77. The summed E-state index contributed by atoms with van der Waals surface area (Å²) in [5, 5.41) is 0. The number of thioether (sulfide) groups is 1. The molecule has 0 bridgehead atoms. The summed E-state index contributed by atoms with van der Waals surface area (Å²) in [7, 11) is 0. The predicted molar refractivity (Wildman–Crippen MR) is 102 cm³/mol. The molecule has 0 N–H and O–H groups in total. The topological polar surface area (TPSA) is 53.5 Å². The van der Waals surface area contributed by atoms with Crippen molar-refractivity contribution < 1.29 is 9.59 Å². The van der Waals surface area contributed by atoms with E-state index >= 15 is 0 Å². The van der Waals surface area contributed by atoms with Crippen LogP contribution in [0.4, 0.5) is 0 Å². The van der Waals surface area contributed by atoms with Gasteiger partial charge in [0.25, 0.3) is 0 Å². The maximum atomic E-state index is 13.1.